The molecular formula is C17H26N3O6S-. The molecule has 1 heterocycles. The maximum absolute atomic E-state index is 11.7. The summed E-state index contributed by atoms with van der Waals surface area (Å²) in [6.45, 7) is 5.48. The number of nitrogens with zero attached hydrogens (tertiary/aromatic N) is 3. The Bertz CT molecular complexity index is 807. The highest BCUT2D eigenvalue weighted by Crippen LogP contribution is 2.24. The number of aliphatic carboxylic acids is 1. The highest BCUT2D eigenvalue weighted by Gasteiger charge is 2.20. The second kappa shape index (κ2) is 9.25. The van der Waals surface area contributed by atoms with Crippen molar-refractivity contribution in [1.82, 2.24) is 9.97 Å². The molecule has 2 N–H and O–H groups in total. The van der Waals surface area contributed by atoms with Crippen molar-refractivity contribution in [2.75, 3.05) is 17.6 Å². The monoisotopic (exact) mass is 400 g/mol. The molecule has 0 unspecified atom stereocenters. The van der Waals surface area contributed by atoms with E-state index in [0.717, 1.165) is 10.6 Å². The predicted molar refractivity (Wildman–Crippen MR) is 99.4 cm³/mol. The van der Waals surface area contributed by atoms with Gasteiger partial charge in [-0.15, -0.1) is 0 Å². The molecule has 152 valence electrons. The van der Waals surface area contributed by atoms with E-state index in [1.165, 1.54) is 13.1 Å². The number of aryl methyl sites for hydroxylation is 1. The minimum absolute atomic E-state index is 0.0427. The number of aliphatic hydroxyl groups excluding tert-OH is 2. The Hall–Kier alpha value is -2.04. The summed E-state index contributed by atoms with van der Waals surface area (Å²) in [4.78, 5) is 19.0. The van der Waals surface area contributed by atoms with Crippen molar-refractivity contribution >= 4 is 28.0 Å². The Morgan fingerprint density at radius 3 is 2.37 bits per heavy atom. The fourth-order valence-corrected chi connectivity index (χ4v) is 2.74. The standard InChI is InChI=1S/C17H27N3O6S/c1-10(2)16-14(7-6-12(21)8-13(22)9-15(23)24)11(3)18-17(19-16)20(4)27(5,25)26/h6-7,10,12-13,21-22H,8-9H2,1-5H3,(H,23,24)/p-1/b7-6+/t12-,13-/m1/s1. The summed E-state index contributed by atoms with van der Waals surface area (Å²) in [7, 11) is -2.14. The van der Waals surface area contributed by atoms with Crippen LogP contribution in [0, 0.1) is 6.92 Å². The number of carbonyl (C=O) groups is 1. The van der Waals surface area contributed by atoms with Crippen LogP contribution in [0.15, 0.2) is 6.08 Å². The van der Waals surface area contributed by atoms with Crippen molar-refractivity contribution in [2.24, 2.45) is 0 Å². The molecule has 10 heteroatoms. The lowest BCUT2D eigenvalue weighted by Gasteiger charge is -2.19. The van der Waals surface area contributed by atoms with Gasteiger partial charge >= 0.3 is 0 Å². The Kier molecular flexibility index (Phi) is 7.88. The topological polar surface area (TPSA) is 144 Å². The summed E-state index contributed by atoms with van der Waals surface area (Å²) < 4.78 is 24.5. The first-order valence-electron chi connectivity index (χ1n) is 8.39. The van der Waals surface area contributed by atoms with Gasteiger partial charge in [0.25, 0.3) is 0 Å². The molecule has 0 bridgehead atoms. The molecular weight excluding hydrogens is 374 g/mol. The normalized spacial score (nSPS) is 14.5. The lowest BCUT2D eigenvalue weighted by atomic mass is 10.0. The van der Waals surface area contributed by atoms with Crippen LogP contribution in [-0.2, 0) is 14.8 Å². The number of anilines is 1. The van der Waals surface area contributed by atoms with Crippen LogP contribution in [0.4, 0.5) is 5.95 Å². The molecule has 27 heavy (non-hydrogen) atoms. The van der Waals surface area contributed by atoms with Crippen molar-refractivity contribution in [1.29, 1.82) is 0 Å². The van der Waals surface area contributed by atoms with Crippen molar-refractivity contribution in [2.45, 2.75) is 51.7 Å². The second-order valence-corrected chi connectivity index (χ2v) is 8.70. The first-order chi connectivity index (χ1) is 12.3. The fourth-order valence-electron chi connectivity index (χ4n) is 2.36. The van der Waals surface area contributed by atoms with E-state index in [-0.39, 0.29) is 18.3 Å². The van der Waals surface area contributed by atoms with Crippen molar-refractivity contribution in [3.05, 3.63) is 23.0 Å². The number of carbonyl (C=O) groups excluding carboxylic acids is 1. The Balaban J connectivity index is 3.15. The van der Waals surface area contributed by atoms with E-state index in [1.54, 1.807) is 13.0 Å². The second-order valence-electron chi connectivity index (χ2n) is 6.69. The van der Waals surface area contributed by atoms with Gasteiger partial charge in [-0.25, -0.2) is 22.7 Å². The molecule has 9 nitrogen and oxygen atoms in total. The van der Waals surface area contributed by atoms with Gasteiger partial charge in [0.2, 0.25) is 16.0 Å². The highest BCUT2D eigenvalue weighted by molar-refractivity contribution is 7.92. The number of rotatable bonds is 9. The van der Waals surface area contributed by atoms with E-state index >= 15 is 0 Å². The van der Waals surface area contributed by atoms with Gasteiger partial charge in [0, 0.05) is 31.4 Å². The molecule has 0 spiro atoms. The number of aromatic nitrogens is 2. The first-order valence-corrected chi connectivity index (χ1v) is 10.2. The van der Waals surface area contributed by atoms with Gasteiger partial charge in [0.05, 0.1) is 29.9 Å². The first kappa shape index (κ1) is 23.0. The minimum atomic E-state index is -3.51. The summed E-state index contributed by atoms with van der Waals surface area (Å²) in [5.74, 6) is -1.38. The zero-order chi connectivity index (χ0) is 20.9. The average molecular weight is 400 g/mol. The molecule has 0 amide bonds. The summed E-state index contributed by atoms with van der Waals surface area (Å²) >= 11 is 0. The van der Waals surface area contributed by atoms with Crippen LogP contribution in [-0.4, -0.2) is 60.1 Å². The maximum Gasteiger partial charge on any atom is 0.239 e. The molecule has 1 aromatic rings. The molecule has 1 aromatic heterocycles. The van der Waals surface area contributed by atoms with Crippen LogP contribution < -0.4 is 9.41 Å². The van der Waals surface area contributed by atoms with Crippen molar-refractivity contribution in [3.8, 4) is 0 Å². The van der Waals surface area contributed by atoms with E-state index in [0.29, 0.717) is 17.0 Å². The largest absolute Gasteiger partial charge is 0.550 e. The summed E-state index contributed by atoms with van der Waals surface area (Å²) in [6.07, 6.45) is 1.05. The van der Waals surface area contributed by atoms with E-state index in [1.807, 2.05) is 13.8 Å². The van der Waals surface area contributed by atoms with Gasteiger partial charge in [-0.3, -0.25) is 0 Å². The molecule has 0 aliphatic rings. The van der Waals surface area contributed by atoms with Crippen LogP contribution in [0.2, 0.25) is 0 Å². The Morgan fingerprint density at radius 1 is 1.30 bits per heavy atom. The van der Waals surface area contributed by atoms with Gasteiger partial charge in [-0.2, -0.15) is 0 Å². The molecule has 2 atom stereocenters. The summed E-state index contributed by atoms with van der Waals surface area (Å²) in [5.41, 5.74) is 1.76. The molecule has 0 aliphatic carbocycles. The zero-order valence-corrected chi connectivity index (χ0v) is 16.9. The predicted octanol–water partition coefficient (Wildman–Crippen LogP) is -0.431. The molecule has 0 aromatic carbocycles. The van der Waals surface area contributed by atoms with E-state index < -0.39 is 34.6 Å². The number of carboxylic acid groups (broad SMARTS) is 1. The van der Waals surface area contributed by atoms with Gasteiger partial charge < -0.3 is 20.1 Å². The van der Waals surface area contributed by atoms with Gasteiger partial charge in [-0.1, -0.05) is 26.0 Å². The number of hydrogen-bond donors (Lipinski definition) is 2. The van der Waals surface area contributed by atoms with E-state index in [2.05, 4.69) is 9.97 Å². The Morgan fingerprint density at radius 2 is 1.89 bits per heavy atom. The van der Waals surface area contributed by atoms with Crippen molar-refractivity contribution in [3.63, 3.8) is 0 Å². The van der Waals surface area contributed by atoms with E-state index in [4.69, 9.17) is 0 Å². The number of sulfonamides is 1. The van der Waals surface area contributed by atoms with Gasteiger partial charge in [0.1, 0.15) is 0 Å². The molecule has 1 rings (SSSR count). The van der Waals surface area contributed by atoms with Crippen LogP contribution in [0.5, 0.6) is 0 Å². The quantitative estimate of drug-likeness (QED) is 0.568. The third kappa shape index (κ3) is 6.89. The molecule has 0 aliphatic heterocycles. The summed E-state index contributed by atoms with van der Waals surface area (Å²) in [6, 6.07) is 0. The lowest BCUT2D eigenvalue weighted by Crippen LogP contribution is -2.29. The minimum Gasteiger partial charge on any atom is -0.550 e. The lowest BCUT2D eigenvalue weighted by molar-refractivity contribution is -0.307. The van der Waals surface area contributed by atoms with Crippen LogP contribution in [0.3, 0.4) is 0 Å². The molecule has 0 saturated heterocycles. The Labute approximate surface area is 159 Å². The highest BCUT2D eigenvalue weighted by atomic mass is 32.2. The number of aliphatic hydroxyl groups is 2. The molecule has 0 radical (unpaired) electrons. The number of carboxylic acids is 1. The zero-order valence-electron chi connectivity index (χ0n) is 16.1. The van der Waals surface area contributed by atoms with Crippen molar-refractivity contribution < 1.29 is 28.5 Å². The SMILES string of the molecule is Cc1nc(N(C)S(C)(=O)=O)nc(C(C)C)c1/C=C/[C@@H](O)C[C@@H](O)CC(=O)[O-]. The molecule has 0 saturated carbocycles. The van der Waals surface area contributed by atoms with Gasteiger partial charge in [-0.05, 0) is 12.8 Å². The molecule has 0 fully saturated rings. The maximum atomic E-state index is 11.7. The fraction of sp³-hybridized carbons (Fsp3) is 0.588. The van der Waals surface area contributed by atoms with E-state index in [9.17, 15) is 28.5 Å². The number of hydrogen-bond acceptors (Lipinski definition) is 8. The summed E-state index contributed by atoms with van der Waals surface area (Å²) in [5, 5.41) is 30.0. The smallest absolute Gasteiger partial charge is 0.239 e. The van der Waals surface area contributed by atoms with Crippen LogP contribution in [0.1, 0.15) is 49.6 Å². The average Bonchev–Trinajstić information content (AvgIpc) is 2.50. The van der Waals surface area contributed by atoms with Gasteiger partial charge in [0.15, 0.2) is 0 Å². The third-order valence-electron chi connectivity index (χ3n) is 3.88. The third-order valence-corrected chi connectivity index (χ3v) is 5.04. The van der Waals surface area contributed by atoms with Crippen LogP contribution >= 0.6 is 0 Å². The van der Waals surface area contributed by atoms with Crippen LogP contribution in [0.25, 0.3) is 6.08 Å².